The normalized spacial score (nSPS) is 14.3. The Kier molecular flexibility index (Phi) is 6.40. The van der Waals surface area contributed by atoms with Crippen LogP contribution in [0.15, 0.2) is 12.3 Å². The monoisotopic (exact) mass is 331 g/mol. The van der Waals surface area contributed by atoms with E-state index in [1.54, 1.807) is 20.8 Å². The number of rotatable bonds is 5. The molecule has 8 heteroatoms. The predicted molar refractivity (Wildman–Crippen MR) is 83.5 cm³/mol. The van der Waals surface area contributed by atoms with E-state index in [9.17, 15) is 15.0 Å². The lowest BCUT2D eigenvalue weighted by Gasteiger charge is -2.21. The van der Waals surface area contributed by atoms with Crippen molar-refractivity contribution >= 4 is 23.5 Å². The van der Waals surface area contributed by atoms with Gasteiger partial charge >= 0.3 is 6.09 Å². The number of nitrogens with one attached hydrogen (secondary N) is 1. The minimum Gasteiger partial charge on any atom is -0.444 e. The smallest absolute Gasteiger partial charge is 0.407 e. The highest BCUT2D eigenvalue weighted by Crippen LogP contribution is 2.25. The molecule has 5 N–H and O–H groups in total. The van der Waals surface area contributed by atoms with E-state index in [0.29, 0.717) is 5.02 Å². The molecule has 0 aliphatic rings. The minimum atomic E-state index is -1.24. The number of aliphatic hydroxyl groups is 2. The highest BCUT2D eigenvalue weighted by molar-refractivity contribution is 6.30. The number of nitrogens with zero attached hydrogens (tertiary/aromatic N) is 1. The van der Waals surface area contributed by atoms with Crippen molar-refractivity contribution in [2.24, 2.45) is 0 Å². The third kappa shape index (κ3) is 6.05. The van der Waals surface area contributed by atoms with E-state index in [0.717, 1.165) is 0 Å². The van der Waals surface area contributed by atoms with Crippen molar-refractivity contribution < 1.29 is 19.7 Å². The number of amides is 1. The van der Waals surface area contributed by atoms with Crippen molar-refractivity contribution in [3.63, 3.8) is 0 Å². The fraction of sp³-hybridized carbons (Fsp3) is 0.571. The molecule has 0 saturated carbocycles. The summed E-state index contributed by atoms with van der Waals surface area (Å²) in [6.45, 7) is 5.39. The molecule has 7 nitrogen and oxygen atoms in total. The zero-order valence-electron chi connectivity index (χ0n) is 12.8. The van der Waals surface area contributed by atoms with E-state index in [1.165, 1.54) is 12.3 Å². The number of aliphatic hydroxyl groups excluding tert-OH is 2. The molecule has 1 heterocycles. The topological polar surface area (TPSA) is 118 Å². The quantitative estimate of drug-likeness (QED) is 0.651. The highest BCUT2D eigenvalue weighted by Gasteiger charge is 2.22. The lowest BCUT2D eigenvalue weighted by molar-refractivity contribution is 0.0125. The van der Waals surface area contributed by atoms with Crippen molar-refractivity contribution in [1.82, 2.24) is 10.3 Å². The van der Waals surface area contributed by atoms with Crippen molar-refractivity contribution in [3.05, 3.63) is 22.8 Å². The second kappa shape index (κ2) is 7.62. The number of anilines is 1. The number of carbonyl (C=O) groups is 1. The van der Waals surface area contributed by atoms with Gasteiger partial charge in [-0.2, -0.15) is 0 Å². The first-order chi connectivity index (χ1) is 10.1. The summed E-state index contributed by atoms with van der Waals surface area (Å²) in [5.74, 6) is 0.0936. The number of hydrogen-bond acceptors (Lipinski definition) is 6. The van der Waals surface area contributed by atoms with E-state index in [1.807, 2.05) is 0 Å². The molecule has 0 fully saturated rings. The fourth-order valence-electron chi connectivity index (χ4n) is 1.70. The van der Waals surface area contributed by atoms with Gasteiger partial charge < -0.3 is 26.0 Å². The summed E-state index contributed by atoms with van der Waals surface area (Å²) in [7, 11) is 0. The Bertz CT molecular complexity index is 519. The second-order valence-electron chi connectivity index (χ2n) is 5.86. The lowest BCUT2D eigenvalue weighted by Crippen LogP contribution is -2.34. The van der Waals surface area contributed by atoms with Crippen LogP contribution in [0.5, 0.6) is 0 Å². The Hall–Kier alpha value is -1.57. The molecule has 0 aliphatic heterocycles. The molecule has 1 aromatic heterocycles. The van der Waals surface area contributed by atoms with Gasteiger partial charge in [0.25, 0.3) is 0 Å². The molecule has 0 saturated heterocycles. The molecule has 1 aromatic rings. The number of nitrogens with two attached hydrogens (primary N) is 1. The minimum absolute atomic E-state index is 0.0936. The first kappa shape index (κ1) is 18.5. The predicted octanol–water partition coefficient (Wildman–Crippen LogP) is 1.63. The lowest BCUT2D eigenvalue weighted by atomic mass is 10.0. The van der Waals surface area contributed by atoms with Gasteiger partial charge in [0.2, 0.25) is 0 Å². The van der Waals surface area contributed by atoms with E-state index in [2.05, 4.69) is 10.3 Å². The molecule has 1 rings (SSSR count). The average Bonchev–Trinajstić information content (AvgIpc) is 2.38. The maximum atomic E-state index is 11.5. The van der Waals surface area contributed by atoms with Crippen LogP contribution in [0, 0.1) is 0 Å². The highest BCUT2D eigenvalue weighted by atomic mass is 35.5. The Morgan fingerprint density at radius 3 is 2.73 bits per heavy atom. The number of ether oxygens (including phenoxy) is 1. The van der Waals surface area contributed by atoms with Gasteiger partial charge in [0.1, 0.15) is 17.5 Å². The second-order valence-corrected chi connectivity index (χ2v) is 6.29. The molecule has 2 unspecified atom stereocenters. The van der Waals surface area contributed by atoms with Gasteiger partial charge in [-0.05, 0) is 33.3 Å². The number of carbonyl (C=O) groups excluding carboxylic acids is 1. The fourth-order valence-corrected chi connectivity index (χ4v) is 1.87. The zero-order valence-corrected chi connectivity index (χ0v) is 13.6. The van der Waals surface area contributed by atoms with Crippen molar-refractivity contribution in [2.45, 2.75) is 45.0 Å². The maximum Gasteiger partial charge on any atom is 0.407 e. The van der Waals surface area contributed by atoms with Crippen LogP contribution in [0.3, 0.4) is 0 Å². The van der Waals surface area contributed by atoms with E-state index in [4.69, 9.17) is 22.1 Å². The number of nitrogen functional groups attached to an aromatic ring is 1. The van der Waals surface area contributed by atoms with Crippen LogP contribution in [0.4, 0.5) is 10.6 Å². The standard InChI is InChI=1S/C14H22ClN3O4/c1-14(2,3)22-13(21)17-5-4-10(19)11(20)9-6-8(15)7-18-12(9)16/h6-7,10-11,19-20H,4-5H2,1-3H3,(H2,16,18)(H,17,21). The van der Waals surface area contributed by atoms with Gasteiger partial charge in [0.05, 0.1) is 11.1 Å². The zero-order chi connectivity index (χ0) is 16.9. The molecular formula is C14H22ClN3O4. The third-order valence-corrected chi connectivity index (χ3v) is 2.91. The van der Waals surface area contributed by atoms with Gasteiger partial charge in [-0.1, -0.05) is 11.6 Å². The molecule has 2 atom stereocenters. The number of hydrogen-bond donors (Lipinski definition) is 4. The van der Waals surface area contributed by atoms with Crippen molar-refractivity contribution in [3.8, 4) is 0 Å². The Balaban J connectivity index is 2.50. The van der Waals surface area contributed by atoms with E-state index < -0.39 is 23.9 Å². The van der Waals surface area contributed by atoms with Crippen LogP contribution >= 0.6 is 11.6 Å². The van der Waals surface area contributed by atoms with Gasteiger partial charge in [-0.15, -0.1) is 0 Å². The first-order valence-electron chi connectivity index (χ1n) is 6.84. The van der Waals surface area contributed by atoms with Crippen molar-refractivity contribution in [1.29, 1.82) is 0 Å². The maximum absolute atomic E-state index is 11.5. The average molecular weight is 332 g/mol. The Morgan fingerprint density at radius 1 is 1.50 bits per heavy atom. The summed E-state index contributed by atoms with van der Waals surface area (Å²) in [4.78, 5) is 15.3. The molecule has 0 bridgehead atoms. The van der Waals surface area contributed by atoms with Crippen LogP contribution in [0.2, 0.25) is 5.02 Å². The molecule has 0 aliphatic carbocycles. The van der Waals surface area contributed by atoms with E-state index in [-0.39, 0.29) is 24.3 Å². The molecule has 0 aromatic carbocycles. The molecular weight excluding hydrogens is 310 g/mol. The summed E-state index contributed by atoms with van der Waals surface area (Å²) in [5, 5.41) is 22.8. The van der Waals surface area contributed by atoms with Gasteiger partial charge in [-0.25, -0.2) is 9.78 Å². The van der Waals surface area contributed by atoms with Crippen LogP contribution in [-0.2, 0) is 4.74 Å². The molecule has 1 amide bonds. The number of pyridine rings is 1. The molecule has 0 spiro atoms. The number of halogens is 1. The van der Waals surface area contributed by atoms with Gasteiger partial charge in [-0.3, -0.25) is 0 Å². The van der Waals surface area contributed by atoms with Crippen LogP contribution in [0.25, 0.3) is 0 Å². The van der Waals surface area contributed by atoms with Gasteiger partial charge in [0.15, 0.2) is 0 Å². The summed E-state index contributed by atoms with van der Waals surface area (Å²) < 4.78 is 5.06. The summed E-state index contributed by atoms with van der Waals surface area (Å²) in [6, 6.07) is 1.44. The molecule has 22 heavy (non-hydrogen) atoms. The summed E-state index contributed by atoms with van der Waals surface area (Å²) in [5.41, 5.74) is 5.30. The summed E-state index contributed by atoms with van der Waals surface area (Å²) >= 11 is 5.79. The number of aromatic nitrogens is 1. The van der Waals surface area contributed by atoms with E-state index >= 15 is 0 Å². The molecule has 124 valence electrons. The first-order valence-corrected chi connectivity index (χ1v) is 7.22. The van der Waals surface area contributed by atoms with Crippen LogP contribution < -0.4 is 11.1 Å². The van der Waals surface area contributed by atoms with Gasteiger partial charge in [0, 0.05) is 18.3 Å². The largest absolute Gasteiger partial charge is 0.444 e. The third-order valence-electron chi connectivity index (χ3n) is 2.71. The summed E-state index contributed by atoms with van der Waals surface area (Å²) in [6.07, 6.45) is -1.49. The van der Waals surface area contributed by atoms with Crippen LogP contribution in [0.1, 0.15) is 38.9 Å². The Morgan fingerprint density at radius 2 is 2.14 bits per heavy atom. The van der Waals surface area contributed by atoms with Crippen molar-refractivity contribution in [2.75, 3.05) is 12.3 Å². The SMILES string of the molecule is CC(C)(C)OC(=O)NCCC(O)C(O)c1cc(Cl)cnc1N. The number of alkyl carbamates (subject to hydrolysis) is 1. The van der Waals surface area contributed by atoms with Crippen LogP contribution in [-0.4, -0.2) is 39.5 Å². The molecule has 0 radical (unpaired) electrons. The Labute approximate surface area is 134 Å².